The minimum Gasteiger partial charge on any atom is -0.343 e. The SMILES string of the molecule is CC(C)C1CCc2[nH]c3ncc(F)cc3c2C1. The minimum atomic E-state index is -0.244. The van der Waals surface area contributed by atoms with Gasteiger partial charge in [-0.05, 0) is 42.7 Å². The fraction of sp³-hybridized carbons (Fsp3) is 0.500. The zero-order valence-electron chi connectivity index (χ0n) is 10.3. The molecule has 0 spiro atoms. The number of halogens is 1. The molecule has 0 radical (unpaired) electrons. The highest BCUT2D eigenvalue weighted by Gasteiger charge is 2.24. The van der Waals surface area contributed by atoms with Crippen LogP contribution >= 0.6 is 0 Å². The molecule has 3 rings (SSSR count). The van der Waals surface area contributed by atoms with Gasteiger partial charge in [0.1, 0.15) is 11.5 Å². The number of aromatic amines is 1. The smallest absolute Gasteiger partial charge is 0.142 e. The molecule has 17 heavy (non-hydrogen) atoms. The van der Waals surface area contributed by atoms with E-state index in [1.807, 2.05) is 0 Å². The fourth-order valence-corrected chi connectivity index (χ4v) is 2.86. The highest BCUT2D eigenvalue weighted by atomic mass is 19.1. The Hall–Kier alpha value is -1.38. The molecule has 1 N–H and O–H groups in total. The maximum Gasteiger partial charge on any atom is 0.142 e. The van der Waals surface area contributed by atoms with Crippen LogP contribution in [0, 0.1) is 17.7 Å². The summed E-state index contributed by atoms with van der Waals surface area (Å²) < 4.78 is 13.3. The first kappa shape index (κ1) is 10.8. The van der Waals surface area contributed by atoms with Crippen molar-refractivity contribution in [3.63, 3.8) is 0 Å². The number of aromatic nitrogens is 2. The van der Waals surface area contributed by atoms with Crippen molar-refractivity contribution >= 4 is 11.0 Å². The average molecular weight is 232 g/mol. The lowest BCUT2D eigenvalue weighted by molar-refractivity contribution is 0.342. The van der Waals surface area contributed by atoms with E-state index in [-0.39, 0.29) is 5.82 Å². The van der Waals surface area contributed by atoms with Crippen LogP contribution in [0.25, 0.3) is 11.0 Å². The summed E-state index contributed by atoms with van der Waals surface area (Å²) in [5.41, 5.74) is 3.38. The normalized spacial score (nSPS) is 19.9. The topological polar surface area (TPSA) is 28.7 Å². The summed E-state index contributed by atoms with van der Waals surface area (Å²) in [6, 6.07) is 1.61. The van der Waals surface area contributed by atoms with Crippen LogP contribution in [0.3, 0.4) is 0 Å². The first-order valence-electron chi connectivity index (χ1n) is 6.30. The molecule has 90 valence electrons. The zero-order chi connectivity index (χ0) is 12.0. The van der Waals surface area contributed by atoms with Gasteiger partial charge in [0, 0.05) is 11.1 Å². The molecule has 1 unspecified atom stereocenters. The molecular weight excluding hydrogens is 215 g/mol. The summed E-state index contributed by atoms with van der Waals surface area (Å²) in [5, 5.41) is 0.977. The monoisotopic (exact) mass is 232 g/mol. The van der Waals surface area contributed by atoms with Gasteiger partial charge in [0.25, 0.3) is 0 Å². The van der Waals surface area contributed by atoms with Crippen molar-refractivity contribution in [1.82, 2.24) is 9.97 Å². The van der Waals surface area contributed by atoms with E-state index in [9.17, 15) is 4.39 Å². The lowest BCUT2D eigenvalue weighted by atomic mass is 9.80. The van der Waals surface area contributed by atoms with E-state index in [1.165, 1.54) is 23.9 Å². The van der Waals surface area contributed by atoms with Crippen molar-refractivity contribution in [2.24, 2.45) is 11.8 Å². The standard InChI is InChI=1S/C14H17FN2/c1-8(2)9-3-4-13-11(5-9)12-6-10(15)7-16-14(12)17-13/h6-9H,3-5H2,1-2H3,(H,16,17). The predicted molar refractivity (Wildman–Crippen MR) is 66.4 cm³/mol. The number of pyridine rings is 1. The summed E-state index contributed by atoms with van der Waals surface area (Å²) in [4.78, 5) is 7.45. The predicted octanol–water partition coefficient (Wildman–Crippen LogP) is 3.46. The highest BCUT2D eigenvalue weighted by Crippen LogP contribution is 2.34. The third-order valence-electron chi connectivity index (χ3n) is 3.99. The second kappa shape index (κ2) is 3.83. The highest BCUT2D eigenvalue weighted by molar-refractivity contribution is 5.81. The fourth-order valence-electron chi connectivity index (χ4n) is 2.86. The Morgan fingerprint density at radius 1 is 1.47 bits per heavy atom. The molecule has 2 heterocycles. The molecule has 0 bridgehead atoms. The molecule has 2 nitrogen and oxygen atoms in total. The van der Waals surface area contributed by atoms with Crippen molar-refractivity contribution in [1.29, 1.82) is 0 Å². The third kappa shape index (κ3) is 1.74. The molecular formula is C14H17FN2. The Kier molecular flexibility index (Phi) is 2.42. The Morgan fingerprint density at radius 3 is 3.06 bits per heavy atom. The minimum absolute atomic E-state index is 0.244. The van der Waals surface area contributed by atoms with E-state index in [0.29, 0.717) is 11.8 Å². The maximum atomic E-state index is 13.3. The number of hydrogen-bond acceptors (Lipinski definition) is 1. The summed E-state index contributed by atoms with van der Waals surface area (Å²) in [7, 11) is 0. The van der Waals surface area contributed by atoms with Crippen LogP contribution in [-0.4, -0.2) is 9.97 Å². The van der Waals surface area contributed by atoms with Gasteiger partial charge in [0.05, 0.1) is 6.20 Å². The molecule has 2 aromatic rings. The Bertz CT molecular complexity index is 557. The Balaban J connectivity index is 2.10. The molecule has 0 saturated carbocycles. The largest absolute Gasteiger partial charge is 0.343 e. The second-order valence-corrected chi connectivity index (χ2v) is 5.38. The number of hydrogen-bond donors (Lipinski definition) is 1. The number of nitrogens with zero attached hydrogens (tertiary/aromatic N) is 1. The van der Waals surface area contributed by atoms with Crippen LogP contribution in [-0.2, 0) is 12.8 Å². The number of nitrogens with one attached hydrogen (secondary N) is 1. The third-order valence-corrected chi connectivity index (χ3v) is 3.99. The molecule has 1 atom stereocenters. The molecule has 0 saturated heterocycles. The van der Waals surface area contributed by atoms with Gasteiger partial charge in [-0.2, -0.15) is 0 Å². The summed E-state index contributed by atoms with van der Waals surface area (Å²) in [5.74, 6) is 1.16. The van der Waals surface area contributed by atoms with Crippen molar-refractivity contribution < 1.29 is 4.39 Å². The molecule has 1 aliphatic carbocycles. The molecule has 1 aliphatic rings. The van der Waals surface area contributed by atoms with Crippen LogP contribution in [0.4, 0.5) is 4.39 Å². The molecule has 0 fully saturated rings. The number of aryl methyl sites for hydroxylation is 1. The van der Waals surface area contributed by atoms with E-state index >= 15 is 0 Å². The zero-order valence-corrected chi connectivity index (χ0v) is 10.3. The number of H-pyrrole nitrogens is 1. The van der Waals surface area contributed by atoms with Gasteiger partial charge < -0.3 is 4.98 Å². The van der Waals surface area contributed by atoms with Gasteiger partial charge in [-0.15, -0.1) is 0 Å². The first-order valence-corrected chi connectivity index (χ1v) is 6.30. The Labute approximate surface area is 100 Å². The number of rotatable bonds is 1. The Morgan fingerprint density at radius 2 is 2.29 bits per heavy atom. The average Bonchev–Trinajstić information content (AvgIpc) is 2.66. The van der Waals surface area contributed by atoms with Crippen LogP contribution in [0.1, 0.15) is 31.5 Å². The van der Waals surface area contributed by atoms with Crippen LogP contribution in [0.15, 0.2) is 12.3 Å². The van der Waals surface area contributed by atoms with Gasteiger partial charge in [-0.3, -0.25) is 0 Å². The molecule has 3 heteroatoms. The van der Waals surface area contributed by atoms with E-state index in [2.05, 4.69) is 23.8 Å². The van der Waals surface area contributed by atoms with Gasteiger partial charge in [-0.1, -0.05) is 13.8 Å². The van der Waals surface area contributed by atoms with E-state index in [1.54, 1.807) is 6.07 Å². The van der Waals surface area contributed by atoms with Crippen LogP contribution in [0.2, 0.25) is 0 Å². The van der Waals surface area contributed by atoms with Crippen molar-refractivity contribution in [3.05, 3.63) is 29.3 Å². The van der Waals surface area contributed by atoms with Crippen LogP contribution in [0.5, 0.6) is 0 Å². The van der Waals surface area contributed by atoms with E-state index in [4.69, 9.17) is 0 Å². The van der Waals surface area contributed by atoms with Gasteiger partial charge in [-0.25, -0.2) is 9.37 Å². The van der Waals surface area contributed by atoms with Gasteiger partial charge in [0.2, 0.25) is 0 Å². The van der Waals surface area contributed by atoms with Crippen molar-refractivity contribution in [2.75, 3.05) is 0 Å². The molecule has 0 aromatic carbocycles. The summed E-state index contributed by atoms with van der Waals surface area (Å²) >= 11 is 0. The molecule has 2 aromatic heterocycles. The first-order chi connectivity index (χ1) is 8.15. The quantitative estimate of drug-likeness (QED) is 0.801. The lowest BCUT2D eigenvalue weighted by Crippen LogP contribution is -2.18. The summed E-state index contributed by atoms with van der Waals surface area (Å²) in [6.45, 7) is 4.53. The second-order valence-electron chi connectivity index (χ2n) is 5.38. The molecule has 0 amide bonds. The maximum absolute atomic E-state index is 13.3. The molecule has 0 aliphatic heterocycles. The summed E-state index contributed by atoms with van der Waals surface area (Å²) in [6.07, 6.45) is 4.62. The van der Waals surface area contributed by atoms with Gasteiger partial charge in [0.15, 0.2) is 0 Å². The van der Waals surface area contributed by atoms with Crippen molar-refractivity contribution in [2.45, 2.75) is 33.1 Å². The van der Waals surface area contributed by atoms with Gasteiger partial charge >= 0.3 is 0 Å². The number of fused-ring (bicyclic) bond motifs is 3. The van der Waals surface area contributed by atoms with E-state index < -0.39 is 0 Å². The van der Waals surface area contributed by atoms with Crippen molar-refractivity contribution in [3.8, 4) is 0 Å². The van der Waals surface area contributed by atoms with E-state index in [0.717, 1.165) is 23.9 Å². The lowest BCUT2D eigenvalue weighted by Gasteiger charge is -2.25. The van der Waals surface area contributed by atoms with Crippen LogP contribution < -0.4 is 0 Å².